The molecule has 1 amide bonds. The number of alkyl carbamates (subject to hydrolysis) is 1. The molecule has 24 heavy (non-hydrogen) atoms. The molecular formula is C17H25NO6. The van der Waals surface area contributed by atoms with Crippen LogP contribution in [-0.2, 0) is 23.7 Å². The molecule has 0 saturated carbocycles. The SMILES string of the molecule is COC(=O)C(NC(=O)OC(C)(C)C)(OC)C(OC)c1ccccc1. The van der Waals surface area contributed by atoms with Crippen molar-refractivity contribution in [1.82, 2.24) is 5.32 Å². The second-order valence-electron chi connectivity index (χ2n) is 6.08. The summed E-state index contributed by atoms with van der Waals surface area (Å²) in [5.74, 6) is -0.813. The molecule has 0 aliphatic rings. The largest absolute Gasteiger partial charge is 0.465 e. The monoisotopic (exact) mass is 339 g/mol. The van der Waals surface area contributed by atoms with Gasteiger partial charge in [-0.2, -0.15) is 0 Å². The van der Waals surface area contributed by atoms with Crippen LogP contribution in [0.2, 0.25) is 0 Å². The number of benzene rings is 1. The molecule has 0 saturated heterocycles. The third-order valence-electron chi connectivity index (χ3n) is 3.20. The van der Waals surface area contributed by atoms with Gasteiger partial charge in [-0.1, -0.05) is 30.3 Å². The van der Waals surface area contributed by atoms with Gasteiger partial charge in [-0.05, 0) is 26.3 Å². The zero-order valence-electron chi connectivity index (χ0n) is 14.9. The van der Waals surface area contributed by atoms with Crippen molar-refractivity contribution in [3.05, 3.63) is 35.9 Å². The lowest BCUT2D eigenvalue weighted by atomic mass is 9.98. The molecule has 0 aliphatic heterocycles. The molecule has 0 bridgehead atoms. The first-order chi connectivity index (χ1) is 11.2. The first kappa shape index (κ1) is 19.9. The molecule has 0 spiro atoms. The molecule has 2 atom stereocenters. The van der Waals surface area contributed by atoms with E-state index < -0.39 is 29.5 Å². The molecule has 2 unspecified atom stereocenters. The molecule has 1 aromatic rings. The maximum atomic E-state index is 12.4. The number of carbonyl (C=O) groups excluding carboxylic acids is 2. The average Bonchev–Trinajstić information content (AvgIpc) is 2.52. The lowest BCUT2D eigenvalue weighted by Gasteiger charge is -2.36. The van der Waals surface area contributed by atoms with Gasteiger partial charge in [0.15, 0.2) is 0 Å². The molecule has 0 radical (unpaired) electrons. The van der Waals surface area contributed by atoms with Gasteiger partial charge in [0, 0.05) is 14.2 Å². The number of amides is 1. The summed E-state index contributed by atoms with van der Waals surface area (Å²) >= 11 is 0. The Kier molecular flexibility index (Phi) is 6.74. The summed E-state index contributed by atoms with van der Waals surface area (Å²) in [7, 11) is 3.89. The van der Waals surface area contributed by atoms with Crippen molar-refractivity contribution in [2.45, 2.75) is 38.2 Å². The summed E-state index contributed by atoms with van der Waals surface area (Å²) in [5, 5.41) is 2.45. The van der Waals surface area contributed by atoms with Gasteiger partial charge in [0.2, 0.25) is 0 Å². The van der Waals surface area contributed by atoms with E-state index in [0.717, 1.165) is 0 Å². The highest BCUT2D eigenvalue weighted by Gasteiger charge is 2.51. The van der Waals surface area contributed by atoms with Crippen LogP contribution in [-0.4, -0.2) is 44.7 Å². The van der Waals surface area contributed by atoms with Gasteiger partial charge >= 0.3 is 12.1 Å². The van der Waals surface area contributed by atoms with Crippen LogP contribution in [0.25, 0.3) is 0 Å². The van der Waals surface area contributed by atoms with E-state index in [2.05, 4.69) is 5.32 Å². The molecule has 134 valence electrons. The number of carbonyl (C=O) groups is 2. The van der Waals surface area contributed by atoms with Gasteiger partial charge in [0.05, 0.1) is 7.11 Å². The topological polar surface area (TPSA) is 83.1 Å². The zero-order valence-corrected chi connectivity index (χ0v) is 14.9. The Morgan fingerprint density at radius 2 is 1.62 bits per heavy atom. The van der Waals surface area contributed by atoms with Gasteiger partial charge in [0.1, 0.15) is 11.7 Å². The highest BCUT2D eigenvalue weighted by atomic mass is 16.6. The van der Waals surface area contributed by atoms with E-state index in [1.807, 2.05) is 6.07 Å². The fourth-order valence-corrected chi connectivity index (χ4v) is 2.24. The minimum absolute atomic E-state index is 0.628. The molecule has 0 aromatic heterocycles. The Hall–Kier alpha value is -2.12. The van der Waals surface area contributed by atoms with Crippen molar-refractivity contribution in [3.8, 4) is 0 Å². The maximum Gasteiger partial charge on any atom is 0.410 e. The normalized spacial score (nSPS) is 15.1. The van der Waals surface area contributed by atoms with Gasteiger partial charge in [-0.3, -0.25) is 5.32 Å². The van der Waals surface area contributed by atoms with E-state index in [0.29, 0.717) is 5.56 Å². The quantitative estimate of drug-likeness (QED) is 0.633. The van der Waals surface area contributed by atoms with Crippen LogP contribution >= 0.6 is 0 Å². The summed E-state index contributed by atoms with van der Waals surface area (Å²) in [6.45, 7) is 5.14. The molecule has 1 aromatic carbocycles. The summed E-state index contributed by atoms with van der Waals surface area (Å²) in [6, 6.07) is 8.90. The Bertz CT molecular complexity index is 554. The van der Waals surface area contributed by atoms with Crippen molar-refractivity contribution < 1.29 is 28.5 Å². The third kappa shape index (κ3) is 4.69. The lowest BCUT2D eigenvalue weighted by molar-refractivity contribution is -0.192. The van der Waals surface area contributed by atoms with Crippen molar-refractivity contribution in [2.24, 2.45) is 0 Å². The van der Waals surface area contributed by atoms with E-state index in [1.54, 1.807) is 45.0 Å². The molecule has 1 N–H and O–H groups in total. The summed E-state index contributed by atoms with van der Waals surface area (Å²) in [4.78, 5) is 24.7. The molecular weight excluding hydrogens is 314 g/mol. The van der Waals surface area contributed by atoms with Crippen LogP contribution in [0.3, 0.4) is 0 Å². The van der Waals surface area contributed by atoms with E-state index in [9.17, 15) is 9.59 Å². The second-order valence-corrected chi connectivity index (χ2v) is 6.08. The second kappa shape index (κ2) is 8.12. The molecule has 0 fully saturated rings. The van der Waals surface area contributed by atoms with Gasteiger partial charge in [-0.25, -0.2) is 9.59 Å². The number of ether oxygens (including phenoxy) is 4. The fraction of sp³-hybridized carbons (Fsp3) is 0.529. The highest BCUT2D eigenvalue weighted by molar-refractivity contribution is 5.85. The van der Waals surface area contributed by atoms with E-state index >= 15 is 0 Å². The zero-order chi connectivity index (χ0) is 18.4. The standard InChI is InChI=1S/C17H25NO6/c1-16(2,3)24-15(20)18-17(23-6,14(19)22-5)13(21-4)12-10-8-7-9-11-12/h7-11,13H,1-6H3,(H,18,20). The number of hydrogen-bond acceptors (Lipinski definition) is 6. The van der Waals surface area contributed by atoms with Crippen LogP contribution < -0.4 is 5.32 Å². The van der Waals surface area contributed by atoms with Crippen LogP contribution in [0.5, 0.6) is 0 Å². The fourth-order valence-electron chi connectivity index (χ4n) is 2.24. The number of methoxy groups -OCH3 is 3. The predicted octanol–water partition coefficient (Wildman–Crippen LogP) is 2.41. The number of rotatable bonds is 6. The smallest absolute Gasteiger partial charge is 0.410 e. The summed E-state index contributed by atoms with van der Waals surface area (Å²) in [5.41, 5.74) is -2.01. The molecule has 7 nitrogen and oxygen atoms in total. The molecule has 0 heterocycles. The lowest BCUT2D eigenvalue weighted by Crippen LogP contribution is -2.61. The van der Waals surface area contributed by atoms with Crippen molar-refractivity contribution >= 4 is 12.1 Å². The first-order valence-corrected chi connectivity index (χ1v) is 7.42. The Balaban J connectivity index is 3.27. The van der Waals surface area contributed by atoms with Crippen LogP contribution in [0.1, 0.15) is 32.4 Å². The third-order valence-corrected chi connectivity index (χ3v) is 3.20. The van der Waals surface area contributed by atoms with E-state index in [-0.39, 0.29) is 0 Å². The highest BCUT2D eigenvalue weighted by Crippen LogP contribution is 2.31. The summed E-state index contributed by atoms with van der Waals surface area (Å²) < 4.78 is 20.9. The van der Waals surface area contributed by atoms with Gasteiger partial charge in [-0.15, -0.1) is 0 Å². The van der Waals surface area contributed by atoms with Crippen molar-refractivity contribution in [2.75, 3.05) is 21.3 Å². The minimum Gasteiger partial charge on any atom is -0.465 e. The summed E-state index contributed by atoms with van der Waals surface area (Å²) in [6.07, 6.45) is -1.77. The van der Waals surface area contributed by atoms with E-state index in [4.69, 9.17) is 18.9 Å². The first-order valence-electron chi connectivity index (χ1n) is 7.42. The van der Waals surface area contributed by atoms with Crippen LogP contribution in [0.4, 0.5) is 4.79 Å². The van der Waals surface area contributed by atoms with Crippen molar-refractivity contribution in [3.63, 3.8) is 0 Å². The average molecular weight is 339 g/mol. The number of hydrogen-bond donors (Lipinski definition) is 1. The van der Waals surface area contributed by atoms with Crippen molar-refractivity contribution in [1.29, 1.82) is 0 Å². The van der Waals surface area contributed by atoms with Gasteiger partial charge < -0.3 is 18.9 Å². The van der Waals surface area contributed by atoms with E-state index in [1.165, 1.54) is 21.3 Å². The van der Waals surface area contributed by atoms with Crippen LogP contribution in [0.15, 0.2) is 30.3 Å². The predicted molar refractivity (Wildman–Crippen MR) is 87.3 cm³/mol. The number of nitrogens with one attached hydrogen (secondary N) is 1. The Morgan fingerprint density at radius 1 is 1.04 bits per heavy atom. The Morgan fingerprint density at radius 3 is 2.04 bits per heavy atom. The molecule has 1 rings (SSSR count). The molecule has 7 heteroatoms. The maximum absolute atomic E-state index is 12.4. The molecule has 0 aliphatic carbocycles. The Labute approximate surface area is 142 Å². The van der Waals surface area contributed by atoms with Crippen LogP contribution in [0, 0.1) is 0 Å². The number of esters is 1. The minimum atomic E-state index is -1.90. The van der Waals surface area contributed by atoms with Gasteiger partial charge in [0.25, 0.3) is 5.72 Å².